The van der Waals surface area contributed by atoms with Crippen molar-refractivity contribution in [3.05, 3.63) is 58.7 Å². The van der Waals surface area contributed by atoms with Gasteiger partial charge in [-0.3, -0.25) is 0 Å². The Labute approximate surface area is 121 Å². The third-order valence-corrected chi connectivity index (χ3v) is 4.21. The van der Waals surface area contributed by atoms with Gasteiger partial charge in [0.15, 0.2) is 0 Å². The van der Waals surface area contributed by atoms with Crippen LogP contribution in [0.1, 0.15) is 22.3 Å². The van der Waals surface area contributed by atoms with Crippen LogP contribution < -0.4 is 10.6 Å². The lowest BCUT2D eigenvalue weighted by Crippen LogP contribution is -2.13. The molecule has 4 bridgehead atoms. The van der Waals surface area contributed by atoms with Gasteiger partial charge in [-0.2, -0.15) is 0 Å². The van der Waals surface area contributed by atoms with E-state index >= 15 is 0 Å². The van der Waals surface area contributed by atoms with E-state index in [2.05, 4.69) is 55.4 Å². The monoisotopic (exact) mass is 266 g/mol. The molecule has 0 spiro atoms. The number of nitrogens with two attached hydrogens (primary N) is 1. The first-order chi connectivity index (χ1) is 9.63. The summed E-state index contributed by atoms with van der Waals surface area (Å²) in [5, 5.41) is 0. The van der Waals surface area contributed by atoms with Gasteiger partial charge in [0.05, 0.1) is 0 Å². The molecule has 0 heterocycles. The predicted octanol–water partition coefficient (Wildman–Crippen LogP) is 3.22. The molecule has 0 fully saturated rings. The van der Waals surface area contributed by atoms with Gasteiger partial charge in [0.25, 0.3) is 0 Å². The Morgan fingerprint density at radius 3 is 2.05 bits per heavy atom. The maximum atomic E-state index is 6.17. The molecule has 104 valence electrons. The molecule has 0 radical (unpaired) electrons. The molecule has 2 heteroatoms. The average Bonchev–Trinajstić information content (AvgIpc) is 2.42. The van der Waals surface area contributed by atoms with Crippen molar-refractivity contribution in [1.82, 2.24) is 0 Å². The molecule has 0 aliphatic heterocycles. The molecule has 0 unspecified atom stereocenters. The normalized spacial score (nSPS) is 13.9. The van der Waals surface area contributed by atoms with Crippen molar-refractivity contribution in [2.24, 2.45) is 0 Å². The fraction of sp³-hybridized carbons (Fsp3) is 0.333. The van der Waals surface area contributed by atoms with Crippen LogP contribution in [0.4, 0.5) is 11.4 Å². The van der Waals surface area contributed by atoms with Gasteiger partial charge in [0, 0.05) is 25.5 Å². The maximum absolute atomic E-state index is 6.17. The first-order valence-electron chi connectivity index (χ1n) is 7.30. The minimum atomic E-state index is 0.949. The fourth-order valence-corrected chi connectivity index (χ4v) is 2.98. The predicted molar refractivity (Wildman–Crippen MR) is 86.4 cm³/mol. The number of nitrogen functional groups attached to an aromatic ring is 1. The molecule has 6 rings (SSSR count). The quantitative estimate of drug-likeness (QED) is 0.803. The fourth-order valence-electron chi connectivity index (χ4n) is 2.98. The number of aryl methyl sites for hydroxylation is 4. The van der Waals surface area contributed by atoms with E-state index in [9.17, 15) is 0 Å². The van der Waals surface area contributed by atoms with Crippen LogP contribution in [0.2, 0.25) is 0 Å². The van der Waals surface area contributed by atoms with Crippen molar-refractivity contribution >= 4 is 11.4 Å². The number of anilines is 2. The summed E-state index contributed by atoms with van der Waals surface area (Å²) in [7, 11) is 4.25. The Balaban J connectivity index is 2.03. The highest BCUT2D eigenvalue weighted by Gasteiger charge is 2.10. The molecular formula is C18H22N2. The first-order valence-corrected chi connectivity index (χ1v) is 7.30. The van der Waals surface area contributed by atoms with Gasteiger partial charge in [-0.1, -0.05) is 24.3 Å². The van der Waals surface area contributed by atoms with Crippen LogP contribution >= 0.6 is 0 Å². The minimum Gasteiger partial charge on any atom is -0.398 e. The molecule has 4 aliphatic rings. The molecule has 2 N–H and O–H groups in total. The maximum Gasteiger partial charge on any atom is 0.0396 e. The molecule has 2 aromatic carbocycles. The summed E-state index contributed by atoms with van der Waals surface area (Å²) >= 11 is 0. The van der Waals surface area contributed by atoms with Crippen molar-refractivity contribution in [2.45, 2.75) is 25.7 Å². The highest BCUT2D eigenvalue weighted by atomic mass is 15.1. The van der Waals surface area contributed by atoms with Crippen molar-refractivity contribution in [3.63, 3.8) is 0 Å². The van der Waals surface area contributed by atoms with Gasteiger partial charge >= 0.3 is 0 Å². The second-order valence-electron chi connectivity index (χ2n) is 5.89. The van der Waals surface area contributed by atoms with Gasteiger partial charge in [-0.05, 0) is 60.1 Å². The molecule has 2 aromatic rings. The topological polar surface area (TPSA) is 29.3 Å². The summed E-state index contributed by atoms with van der Waals surface area (Å²) in [6.07, 6.45) is 4.17. The third-order valence-electron chi connectivity index (χ3n) is 4.21. The summed E-state index contributed by atoms with van der Waals surface area (Å²) < 4.78 is 0. The number of hydrogen-bond donors (Lipinski definition) is 1. The van der Waals surface area contributed by atoms with E-state index in [-0.39, 0.29) is 0 Å². The van der Waals surface area contributed by atoms with Gasteiger partial charge in [-0.25, -0.2) is 0 Å². The third kappa shape index (κ3) is 2.51. The van der Waals surface area contributed by atoms with Crippen LogP contribution in [-0.4, -0.2) is 14.1 Å². The number of rotatable bonds is 1. The molecule has 0 amide bonds. The van der Waals surface area contributed by atoms with Gasteiger partial charge in [-0.15, -0.1) is 0 Å². The Kier molecular flexibility index (Phi) is 3.39. The van der Waals surface area contributed by atoms with Crippen molar-refractivity contribution in [1.29, 1.82) is 0 Å². The van der Waals surface area contributed by atoms with E-state index in [1.165, 1.54) is 27.9 Å². The average molecular weight is 266 g/mol. The van der Waals surface area contributed by atoms with E-state index in [1.807, 2.05) is 0 Å². The molecule has 2 nitrogen and oxygen atoms in total. The van der Waals surface area contributed by atoms with Crippen LogP contribution in [0.5, 0.6) is 0 Å². The molecular weight excluding hydrogens is 244 g/mol. The van der Waals surface area contributed by atoms with Gasteiger partial charge in [0.2, 0.25) is 0 Å². The van der Waals surface area contributed by atoms with E-state index in [4.69, 9.17) is 5.73 Å². The summed E-state index contributed by atoms with van der Waals surface area (Å²) in [6.45, 7) is 0. The molecule has 0 saturated carbocycles. The van der Waals surface area contributed by atoms with Crippen molar-refractivity contribution in [2.75, 3.05) is 24.7 Å². The van der Waals surface area contributed by atoms with Gasteiger partial charge < -0.3 is 10.6 Å². The smallest absolute Gasteiger partial charge is 0.0396 e. The highest BCUT2D eigenvalue weighted by Crippen LogP contribution is 2.26. The lowest BCUT2D eigenvalue weighted by Gasteiger charge is -2.20. The van der Waals surface area contributed by atoms with Crippen molar-refractivity contribution in [3.8, 4) is 0 Å². The lowest BCUT2D eigenvalue weighted by molar-refractivity contribution is 0.914. The standard InChI is InChI=1S/C18H22N2/c1-20(2)18-12-14-4-8-15-7-3-13(11-17(15)19)5-9-16(18)10-6-14/h3,6-7,10-12H,4-5,8-9,19H2,1-2H3. The largest absolute Gasteiger partial charge is 0.398 e. The zero-order valence-corrected chi connectivity index (χ0v) is 12.3. The summed E-state index contributed by atoms with van der Waals surface area (Å²) in [5.74, 6) is 0. The highest BCUT2D eigenvalue weighted by molar-refractivity contribution is 5.56. The second-order valence-corrected chi connectivity index (χ2v) is 5.89. The Morgan fingerprint density at radius 2 is 1.40 bits per heavy atom. The van der Waals surface area contributed by atoms with E-state index in [1.54, 1.807) is 0 Å². The SMILES string of the molecule is CN(C)c1cc2ccc1CCc1ccc(c(N)c1)CC2. The zero-order chi connectivity index (χ0) is 14.1. The molecule has 0 aromatic heterocycles. The van der Waals surface area contributed by atoms with Crippen LogP contribution in [0.3, 0.4) is 0 Å². The van der Waals surface area contributed by atoms with Gasteiger partial charge in [0.1, 0.15) is 0 Å². The Bertz CT molecular complexity index is 629. The number of nitrogens with zero attached hydrogens (tertiary/aromatic N) is 1. The van der Waals surface area contributed by atoms with Crippen LogP contribution in [0, 0.1) is 0 Å². The second kappa shape index (κ2) is 5.20. The van der Waals surface area contributed by atoms with E-state index in [0.717, 1.165) is 31.4 Å². The zero-order valence-electron chi connectivity index (χ0n) is 12.3. The van der Waals surface area contributed by atoms with E-state index in [0.29, 0.717) is 0 Å². The summed E-state index contributed by atoms with van der Waals surface area (Å²) in [5.41, 5.74) is 13.9. The van der Waals surface area contributed by atoms with Crippen LogP contribution in [0.25, 0.3) is 0 Å². The lowest BCUT2D eigenvalue weighted by atomic mass is 9.94. The Hall–Kier alpha value is -1.96. The molecule has 4 aliphatic carbocycles. The van der Waals surface area contributed by atoms with Crippen LogP contribution in [-0.2, 0) is 25.7 Å². The number of benzene rings is 2. The minimum absolute atomic E-state index is 0.949. The van der Waals surface area contributed by atoms with Crippen molar-refractivity contribution < 1.29 is 0 Å². The summed E-state index contributed by atoms with van der Waals surface area (Å²) in [4.78, 5) is 2.22. The molecule has 0 saturated heterocycles. The molecule has 20 heavy (non-hydrogen) atoms. The van der Waals surface area contributed by atoms with E-state index < -0.39 is 0 Å². The Morgan fingerprint density at radius 1 is 0.800 bits per heavy atom. The first kappa shape index (κ1) is 13.0. The number of hydrogen-bond acceptors (Lipinski definition) is 2. The molecule has 0 atom stereocenters. The summed E-state index contributed by atoms with van der Waals surface area (Å²) in [6, 6.07) is 13.5. The van der Waals surface area contributed by atoms with Crippen LogP contribution in [0.15, 0.2) is 36.4 Å².